The fourth-order valence-electron chi connectivity index (χ4n) is 3.75. The van der Waals surface area contributed by atoms with Gasteiger partial charge in [0.2, 0.25) is 5.91 Å². The Kier molecular flexibility index (Phi) is 4.19. The number of carbonyl (C=O) groups excluding carboxylic acids is 1. The van der Waals surface area contributed by atoms with E-state index in [0.717, 1.165) is 32.1 Å². The van der Waals surface area contributed by atoms with Crippen LogP contribution in [0.3, 0.4) is 0 Å². The maximum absolute atomic E-state index is 13.0. The topological polar surface area (TPSA) is 57.6 Å². The molecule has 1 aliphatic heterocycles. The molecule has 1 N–H and O–H groups in total. The molecule has 2 fully saturated rings. The predicted octanol–water partition coefficient (Wildman–Crippen LogP) is 2.72. The lowest BCUT2D eigenvalue weighted by atomic mass is 9.64. The van der Waals surface area contributed by atoms with Gasteiger partial charge in [-0.25, -0.2) is 0 Å². The Labute approximate surface area is 131 Å². The van der Waals surface area contributed by atoms with Crippen molar-refractivity contribution in [1.29, 1.82) is 0 Å². The molecule has 4 nitrogen and oxygen atoms in total. The Hall–Kier alpha value is -1.84. The maximum atomic E-state index is 13.0. The van der Waals surface area contributed by atoms with Crippen LogP contribution in [0.4, 0.5) is 0 Å². The number of aliphatic carboxylic acids is 1. The van der Waals surface area contributed by atoms with Crippen molar-refractivity contribution in [3.8, 4) is 0 Å². The van der Waals surface area contributed by atoms with Crippen molar-refractivity contribution < 1.29 is 14.7 Å². The third-order valence-electron chi connectivity index (χ3n) is 5.21. The highest BCUT2D eigenvalue weighted by molar-refractivity contribution is 5.84. The lowest BCUT2D eigenvalue weighted by Crippen LogP contribution is -2.52. The average molecular weight is 301 g/mol. The zero-order valence-electron chi connectivity index (χ0n) is 12.8. The van der Waals surface area contributed by atoms with Crippen molar-refractivity contribution in [3.05, 3.63) is 35.9 Å². The van der Waals surface area contributed by atoms with Gasteiger partial charge in [0.25, 0.3) is 0 Å². The number of amides is 1. The van der Waals surface area contributed by atoms with Gasteiger partial charge in [0.05, 0.1) is 11.3 Å². The number of benzene rings is 1. The van der Waals surface area contributed by atoms with E-state index in [9.17, 15) is 14.7 Å². The van der Waals surface area contributed by atoms with Crippen molar-refractivity contribution in [1.82, 2.24) is 4.90 Å². The molecular weight excluding hydrogens is 278 g/mol. The van der Waals surface area contributed by atoms with Gasteiger partial charge in [0, 0.05) is 13.1 Å². The molecule has 0 bridgehead atoms. The molecule has 0 spiro atoms. The van der Waals surface area contributed by atoms with E-state index in [0.29, 0.717) is 19.5 Å². The van der Waals surface area contributed by atoms with E-state index in [2.05, 4.69) is 12.1 Å². The number of hydrogen-bond donors (Lipinski definition) is 1. The summed E-state index contributed by atoms with van der Waals surface area (Å²) in [5, 5.41) is 9.21. The predicted molar refractivity (Wildman–Crippen MR) is 83.4 cm³/mol. The highest BCUT2D eigenvalue weighted by atomic mass is 16.4. The van der Waals surface area contributed by atoms with Gasteiger partial charge in [0.1, 0.15) is 0 Å². The number of likely N-dealkylation sites (tertiary alicyclic amines) is 1. The van der Waals surface area contributed by atoms with Crippen molar-refractivity contribution in [2.45, 2.75) is 38.5 Å². The highest BCUT2D eigenvalue weighted by Crippen LogP contribution is 2.45. The second-order valence-electron chi connectivity index (χ2n) is 6.72. The van der Waals surface area contributed by atoms with Crippen LogP contribution in [0.2, 0.25) is 0 Å². The molecule has 3 rings (SSSR count). The Balaban J connectivity index is 1.72. The number of carbonyl (C=O) groups is 2. The zero-order valence-corrected chi connectivity index (χ0v) is 12.8. The largest absolute Gasteiger partial charge is 0.481 e. The smallest absolute Gasteiger partial charge is 0.308 e. The van der Waals surface area contributed by atoms with Crippen LogP contribution in [-0.2, 0) is 16.0 Å². The molecule has 4 heteroatoms. The Morgan fingerprint density at radius 1 is 1.18 bits per heavy atom. The first-order chi connectivity index (χ1) is 10.6. The highest BCUT2D eigenvalue weighted by Gasteiger charge is 2.47. The van der Waals surface area contributed by atoms with E-state index in [4.69, 9.17) is 0 Å². The van der Waals surface area contributed by atoms with E-state index < -0.39 is 11.9 Å². The number of piperidine rings is 1. The first-order valence-corrected chi connectivity index (χ1v) is 8.17. The summed E-state index contributed by atoms with van der Waals surface area (Å²) < 4.78 is 0. The number of nitrogens with zero attached hydrogens (tertiary/aromatic N) is 1. The molecule has 1 aliphatic carbocycles. The molecule has 1 saturated heterocycles. The fraction of sp³-hybridized carbons (Fsp3) is 0.556. The van der Waals surface area contributed by atoms with Gasteiger partial charge in [-0.15, -0.1) is 0 Å². The van der Waals surface area contributed by atoms with Gasteiger partial charge >= 0.3 is 5.97 Å². The molecule has 1 aromatic rings. The third-order valence-corrected chi connectivity index (χ3v) is 5.21. The molecule has 0 aromatic heterocycles. The van der Waals surface area contributed by atoms with Crippen molar-refractivity contribution >= 4 is 11.9 Å². The summed E-state index contributed by atoms with van der Waals surface area (Å²) in [4.78, 5) is 26.0. The normalized spacial score (nSPS) is 23.6. The SMILES string of the molecule is O=C(O)C1CCCN(C(=O)C2(Cc3ccccc3)CCC2)C1. The monoisotopic (exact) mass is 301 g/mol. The first-order valence-electron chi connectivity index (χ1n) is 8.17. The first kappa shape index (κ1) is 15.1. The van der Waals surface area contributed by atoms with Gasteiger partial charge in [-0.2, -0.15) is 0 Å². The van der Waals surface area contributed by atoms with Gasteiger partial charge in [-0.1, -0.05) is 36.8 Å². The second kappa shape index (κ2) is 6.11. The zero-order chi connectivity index (χ0) is 15.6. The van der Waals surface area contributed by atoms with Gasteiger partial charge < -0.3 is 10.0 Å². The van der Waals surface area contributed by atoms with Gasteiger partial charge in [-0.3, -0.25) is 9.59 Å². The van der Waals surface area contributed by atoms with Crippen molar-refractivity contribution in [2.75, 3.05) is 13.1 Å². The van der Waals surface area contributed by atoms with Crippen LogP contribution in [-0.4, -0.2) is 35.0 Å². The Morgan fingerprint density at radius 3 is 2.50 bits per heavy atom. The summed E-state index contributed by atoms with van der Waals surface area (Å²) in [6.07, 6.45) is 5.20. The molecule has 22 heavy (non-hydrogen) atoms. The van der Waals surface area contributed by atoms with E-state index in [1.54, 1.807) is 0 Å². The van der Waals surface area contributed by atoms with Crippen molar-refractivity contribution in [2.24, 2.45) is 11.3 Å². The summed E-state index contributed by atoms with van der Waals surface area (Å²) in [7, 11) is 0. The third kappa shape index (κ3) is 2.87. The molecule has 1 amide bonds. The van der Waals surface area contributed by atoms with Crippen LogP contribution >= 0.6 is 0 Å². The summed E-state index contributed by atoms with van der Waals surface area (Å²) in [6, 6.07) is 10.1. The fourth-order valence-corrected chi connectivity index (χ4v) is 3.75. The Morgan fingerprint density at radius 2 is 1.91 bits per heavy atom. The van der Waals surface area contributed by atoms with Crippen LogP contribution < -0.4 is 0 Å². The van der Waals surface area contributed by atoms with Gasteiger partial charge in [0.15, 0.2) is 0 Å². The number of rotatable bonds is 4. The summed E-state index contributed by atoms with van der Waals surface area (Å²) in [6.45, 7) is 1.09. The minimum atomic E-state index is -0.775. The molecule has 1 saturated carbocycles. The van der Waals surface area contributed by atoms with E-state index in [-0.39, 0.29) is 11.3 Å². The average Bonchev–Trinajstić information content (AvgIpc) is 2.51. The summed E-state index contributed by atoms with van der Waals surface area (Å²) >= 11 is 0. The summed E-state index contributed by atoms with van der Waals surface area (Å²) in [5.41, 5.74) is 0.907. The molecule has 0 radical (unpaired) electrons. The molecule has 118 valence electrons. The minimum absolute atomic E-state index is 0.175. The molecular formula is C18H23NO3. The quantitative estimate of drug-likeness (QED) is 0.930. The van der Waals surface area contributed by atoms with E-state index in [1.807, 2.05) is 23.1 Å². The summed E-state index contributed by atoms with van der Waals surface area (Å²) in [5.74, 6) is -0.997. The maximum Gasteiger partial charge on any atom is 0.308 e. The molecule has 1 aromatic carbocycles. The Bertz CT molecular complexity index is 551. The van der Waals surface area contributed by atoms with Crippen LogP contribution in [0.5, 0.6) is 0 Å². The van der Waals surface area contributed by atoms with Crippen molar-refractivity contribution in [3.63, 3.8) is 0 Å². The number of carboxylic acids is 1. The lowest BCUT2D eigenvalue weighted by Gasteiger charge is -2.45. The standard InChI is InChI=1S/C18H23NO3/c20-16(21)15-8-4-11-19(13-15)17(22)18(9-5-10-18)12-14-6-2-1-3-7-14/h1-3,6-7,15H,4-5,8-13H2,(H,20,21). The molecule has 2 aliphatic rings. The van der Waals surface area contributed by atoms with Crippen LogP contribution in [0.1, 0.15) is 37.7 Å². The molecule has 1 heterocycles. The number of carboxylic acid groups (broad SMARTS) is 1. The van der Waals surface area contributed by atoms with E-state index >= 15 is 0 Å². The van der Waals surface area contributed by atoms with E-state index in [1.165, 1.54) is 5.56 Å². The number of hydrogen-bond acceptors (Lipinski definition) is 2. The minimum Gasteiger partial charge on any atom is -0.481 e. The second-order valence-corrected chi connectivity index (χ2v) is 6.72. The molecule has 1 atom stereocenters. The van der Waals surface area contributed by atoms with Crippen LogP contribution in [0.15, 0.2) is 30.3 Å². The lowest BCUT2D eigenvalue weighted by molar-refractivity contribution is -0.153. The molecule has 1 unspecified atom stereocenters. The van der Waals surface area contributed by atoms with Gasteiger partial charge in [-0.05, 0) is 37.7 Å². The van der Waals surface area contributed by atoms with Crippen LogP contribution in [0.25, 0.3) is 0 Å². The van der Waals surface area contributed by atoms with Crippen LogP contribution in [0, 0.1) is 11.3 Å².